The number of nitrogens with one attached hydrogen (secondary N) is 1. The Labute approximate surface area is 161 Å². The van der Waals surface area contributed by atoms with Gasteiger partial charge in [-0.1, -0.05) is 24.3 Å². The number of carbonyl (C=O) groups is 1. The molecule has 0 saturated carbocycles. The van der Waals surface area contributed by atoms with E-state index in [0.29, 0.717) is 13.1 Å². The third-order valence-corrected chi connectivity index (χ3v) is 4.71. The van der Waals surface area contributed by atoms with Crippen LogP contribution in [0.5, 0.6) is 0 Å². The molecule has 4 heteroatoms. The number of hydrogen-bond donors (Lipinski definition) is 1. The minimum atomic E-state index is 0.127. The van der Waals surface area contributed by atoms with Gasteiger partial charge in [-0.25, -0.2) is 0 Å². The highest BCUT2D eigenvalue weighted by atomic mass is 16.1. The van der Waals surface area contributed by atoms with E-state index in [1.165, 1.54) is 0 Å². The number of benzene rings is 2. The van der Waals surface area contributed by atoms with Crippen LogP contribution in [0.1, 0.15) is 11.1 Å². The van der Waals surface area contributed by atoms with Crippen molar-refractivity contribution in [2.24, 2.45) is 0 Å². The highest BCUT2D eigenvalue weighted by molar-refractivity contribution is 6.14. The van der Waals surface area contributed by atoms with Crippen molar-refractivity contribution in [1.82, 2.24) is 5.32 Å². The van der Waals surface area contributed by atoms with Crippen LogP contribution in [0.15, 0.2) is 59.7 Å². The zero-order valence-electron chi connectivity index (χ0n) is 16.5. The first-order chi connectivity index (χ1) is 12.9. The predicted octanol–water partition coefficient (Wildman–Crippen LogP) is 3.46. The molecule has 1 saturated heterocycles. The molecule has 1 fully saturated rings. The molecule has 1 N–H and O–H groups in total. The molecule has 4 nitrogen and oxygen atoms in total. The zero-order valence-corrected chi connectivity index (χ0v) is 16.5. The number of Topliss-reactive ketones (excluding diaryl/α,β-unsaturated/α-hetero) is 1. The lowest BCUT2D eigenvalue weighted by Gasteiger charge is -2.18. The standard InChI is InChI=1S/C23H27N3O/c1-25(2)21-9-5-17(6-10-21)13-19-15-24-16-20(23(19)27)14-18-7-11-22(12-8-18)26(3)4/h5-14,24H,15-16H2,1-4H3/b19-13-,20-14-. The molecule has 3 rings (SSSR count). The van der Waals surface area contributed by atoms with E-state index in [0.717, 1.165) is 33.6 Å². The molecule has 0 amide bonds. The van der Waals surface area contributed by atoms with Gasteiger partial charge in [0.15, 0.2) is 5.78 Å². The van der Waals surface area contributed by atoms with Crippen LogP contribution in [0, 0.1) is 0 Å². The van der Waals surface area contributed by atoms with E-state index in [-0.39, 0.29) is 5.78 Å². The monoisotopic (exact) mass is 361 g/mol. The highest BCUT2D eigenvalue weighted by Crippen LogP contribution is 2.20. The molecular formula is C23H27N3O. The summed E-state index contributed by atoms with van der Waals surface area (Å²) in [6, 6.07) is 16.5. The molecule has 0 atom stereocenters. The predicted molar refractivity (Wildman–Crippen MR) is 115 cm³/mol. The largest absolute Gasteiger partial charge is 0.378 e. The van der Waals surface area contributed by atoms with Crippen LogP contribution in [-0.4, -0.2) is 47.1 Å². The molecule has 1 heterocycles. The fraction of sp³-hybridized carbons (Fsp3) is 0.261. The van der Waals surface area contributed by atoms with Gasteiger partial charge >= 0.3 is 0 Å². The first kappa shape index (κ1) is 18.9. The Kier molecular flexibility index (Phi) is 5.77. The first-order valence-electron chi connectivity index (χ1n) is 9.15. The van der Waals surface area contributed by atoms with E-state index in [1.807, 2.05) is 64.6 Å². The second-order valence-corrected chi connectivity index (χ2v) is 7.24. The normalized spacial score (nSPS) is 17.4. The maximum Gasteiger partial charge on any atom is 0.187 e. The molecule has 27 heavy (non-hydrogen) atoms. The summed E-state index contributed by atoms with van der Waals surface area (Å²) < 4.78 is 0. The Morgan fingerprint density at radius 1 is 0.704 bits per heavy atom. The number of hydrogen-bond acceptors (Lipinski definition) is 4. The van der Waals surface area contributed by atoms with Gasteiger partial charge in [0.25, 0.3) is 0 Å². The Bertz CT molecular complexity index is 788. The number of rotatable bonds is 4. The van der Waals surface area contributed by atoms with Gasteiger partial charge in [-0.05, 0) is 47.5 Å². The lowest BCUT2D eigenvalue weighted by atomic mass is 9.95. The van der Waals surface area contributed by atoms with Crippen molar-refractivity contribution in [3.63, 3.8) is 0 Å². The number of piperidine rings is 1. The maximum absolute atomic E-state index is 12.9. The number of anilines is 2. The van der Waals surface area contributed by atoms with Crippen molar-refractivity contribution in [2.45, 2.75) is 0 Å². The molecule has 0 spiro atoms. The van der Waals surface area contributed by atoms with Crippen LogP contribution in [-0.2, 0) is 4.79 Å². The van der Waals surface area contributed by atoms with E-state index in [1.54, 1.807) is 0 Å². The summed E-state index contributed by atoms with van der Waals surface area (Å²) in [5.41, 5.74) is 5.98. The van der Waals surface area contributed by atoms with Gasteiger partial charge < -0.3 is 15.1 Å². The van der Waals surface area contributed by atoms with Gasteiger partial charge in [0.2, 0.25) is 0 Å². The Balaban J connectivity index is 1.80. The molecule has 0 bridgehead atoms. The summed E-state index contributed by atoms with van der Waals surface area (Å²) in [6.45, 7) is 1.20. The van der Waals surface area contributed by atoms with Crippen molar-refractivity contribution < 1.29 is 4.79 Å². The van der Waals surface area contributed by atoms with E-state index >= 15 is 0 Å². The summed E-state index contributed by atoms with van der Waals surface area (Å²) in [5, 5.41) is 3.34. The second-order valence-electron chi connectivity index (χ2n) is 7.24. The minimum absolute atomic E-state index is 0.127. The minimum Gasteiger partial charge on any atom is -0.378 e. The van der Waals surface area contributed by atoms with E-state index < -0.39 is 0 Å². The molecule has 2 aromatic carbocycles. The van der Waals surface area contributed by atoms with Crippen molar-refractivity contribution >= 4 is 29.3 Å². The molecule has 1 aliphatic rings. The first-order valence-corrected chi connectivity index (χ1v) is 9.15. The fourth-order valence-corrected chi connectivity index (χ4v) is 3.07. The quantitative estimate of drug-likeness (QED) is 0.846. The number of nitrogens with zero attached hydrogens (tertiary/aromatic N) is 2. The molecule has 0 aromatic heterocycles. The molecular weight excluding hydrogens is 334 g/mol. The Hall–Kier alpha value is -2.85. The van der Waals surface area contributed by atoms with Crippen LogP contribution in [0.25, 0.3) is 12.2 Å². The van der Waals surface area contributed by atoms with Crippen LogP contribution >= 0.6 is 0 Å². The van der Waals surface area contributed by atoms with E-state index in [4.69, 9.17) is 0 Å². The van der Waals surface area contributed by atoms with Gasteiger partial charge in [0.1, 0.15) is 0 Å². The van der Waals surface area contributed by atoms with Crippen LogP contribution in [0.2, 0.25) is 0 Å². The second kappa shape index (κ2) is 8.23. The number of ketones is 1. The summed E-state index contributed by atoms with van der Waals surface area (Å²) in [6.07, 6.45) is 3.97. The van der Waals surface area contributed by atoms with Gasteiger partial charge in [-0.3, -0.25) is 4.79 Å². The smallest absolute Gasteiger partial charge is 0.187 e. The van der Waals surface area contributed by atoms with Gasteiger partial charge in [0, 0.05) is 63.8 Å². The van der Waals surface area contributed by atoms with E-state index in [9.17, 15) is 4.79 Å². The third kappa shape index (κ3) is 4.66. The molecule has 0 unspecified atom stereocenters. The van der Waals surface area contributed by atoms with Gasteiger partial charge in [-0.15, -0.1) is 0 Å². The zero-order chi connectivity index (χ0) is 19.4. The van der Waals surface area contributed by atoms with Crippen LogP contribution in [0.3, 0.4) is 0 Å². The average Bonchev–Trinajstić information content (AvgIpc) is 2.66. The van der Waals surface area contributed by atoms with Gasteiger partial charge in [-0.2, -0.15) is 0 Å². The fourth-order valence-electron chi connectivity index (χ4n) is 3.07. The summed E-state index contributed by atoms with van der Waals surface area (Å²) in [7, 11) is 8.07. The van der Waals surface area contributed by atoms with E-state index in [2.05, 4.69) is 39.4 Å². The summed E-state index contributed by atoms with van der Waals surface area (Å²) >= 11 is 0. The van der Waals surface area contributed by atoms with Crippen molar-refractivity contribution in [1.29, 1.82) is 0 Å². The molecule has 140 valence electrons. The third-order valence-electron chi connectivity index (χ3n) is 4.71. The van der Waals surface area contributed by atoms with Crippen molar-refractivity contribution in [3.8, 4) is 0 Å². The SMILES string of the molecule is CN(C)c1ccc(/C=C2/CNC/C(=C/c3ccc(N(C)C)cc3)C2=O)cc1. The number of carbonyl (C=O) groups excluding carboxylic acids is 1. The van der Waals surface area contributed by atoms with Crippen molar-refractivity contribution in [2.75, 3.05) is 51.1 Å². The molecule has 1 aliphatic heterocycles. The van der Waals surface area contributed by atoms with Crippen molar-refractivity contribution in [3.05, 3.63) is 70.8 Å². The summed E-state index contributed by atoms with van der Waals surface area (Å²) in [5.74, 6) is 0.127. The molecule has 2 aromatic rings. The lowest BCUT2D eigenvalue weighted by molar-refractivity contribution is -0.112. The summed E-state index contributed by atoms with van der Waals surface area (Å²) in [4.78, 5) is 17.0. The maximum atomic E-state index is 12.9. The topological polar surface area (TPSA) is 35.6 Å². The Morgan fingerprint density at radius 3 is 1.41 bits per heavy atom. The van der Waals surface area contributed by atoms with Gasteiger partial charge in [0.05, 0.1) is 0 Å². The van der Waals surface area contributed by atoms with Crippen LogP contribution in [0.4, 0.5) is 11.4 Å². The Morgan fingerprint density at radius 2 is 1.07 bits per heavy atom. The average molecular weight is 361 g/mol. The van der Waals surface area contributed by atoms with Crippen LogP contribution < -0.4 is 15.1 Å². The molecule has 0 radical (unpaired) electrons. The molecule has 0 aliphatic carbocycles. The lowest BCUT2D eigenvalue weighted by Crippen LogP contribution is -2.32. The highest BCUT2D eigenvalue weighted by Gasteiger charge is 2.20.